The number of carbonyl (C=O) groups is 1. The zero-order chi connectivity index (χ0) is 21.3. The van der Waals surface area contributed by atoms with E-state index in [0.717, 1.165) is 35.3 Å². The summed E-state index contributed by atoms with van der Waals surface area (Å²) in [6, 6.07) is 11.9. The molecule has 0 fully saturated rings. The summed E-state index contributed by atoms with van der Waals surface area (Å²) < 4.78 is 28.1. The van der Waals surface area contributed by atoms with Gasteiger partial charge >= 0.3 is 0 Å². The van der Waals surface area contributed by atoms with Gasteiger partial charge in [0.25, 0.3) is 15.9 Å². The molecule has 2 aromatic carbocycles. The van der Waals surface area contributed by atoms with Gasteiger partial charge in [0.15, 0.2) is 0 Å². The van der Waals surface area contributed by atoms with Gasteiger partial charge in [-0.3, -0.25) is 10.1 Å². The van der Waals surface area contributed by atoms with Crippen molar-refractivity contribution in [2.24, 2.45) is 0 Å². The van der Waals surface area contributed by atoms with Crippen LogP contribution in [0.2, 0.25) is 10.0 Å². The van der Waals surface area contributed by atoms with Gasteiger partial charge in [0.1, 0.15) is 0 Å². The number of benzene rings is 2. The fraction of sp³-hybridized carbons (Fsp3) is 0.211. The molecule has 1 aromatic heterocycles. The van der Waals surface area contributed by atoms with Crippen LogP contribution in [0.25, 0.3) is 0 Å². The van der Waals surface area contributed by atoms with Gasteiger partial charge in [-0.15, -0.1) is 10.2 Å². The van der Waals surface area contributed by atoms with Crippen molar-refractivity contribution in [3.05, 3.63) is 69.2 Å². The molecule has 1 heterocycles. The van der Waals surface area contributed by atoms with Crippen molar-refractivity contribution in [2.45, 2.75) is 29.6 Å². The maximum atomic E-state index is 12.8. The third-order valence-corrected chi connectivity index (χ3v) is 7.93. The first-order valence-electron chi connectivity index (χ1n) is 9.03. The highest BCUT2D eigenvalue weighted by Crippen LogP contribution is 2.31. The molecule has 1 atom stereocenters. The molecule has 11 heteroatoms. The lowest BCUT2D eigenvalue weighted by molar-refractivity contribution is 0.102. The summed E-state index contributed by atoms with van der Waals surface area (Å²) in [4.78, 5) is 12.4. The number of hydrogen-bond donors (Lipinski definition) is 2. The molecular weight excluding hydrogens is 467 g/mol. The zero-order valence-electron chi connectivity index (χ0n) is 15.4. The first-order chi connectivity index (χ1) is 14.3. The van der Waals surface area contributed by atoms with Crippen LogP contribution in [-0.4, -0.2) is 24.5 Å². The number of nitrogens with zero attached hydrogens (tertiary/aromatic N) is 2. The third kappa shape index (κ3) is 4.50. The molecular formula is C19H16Cl2N4O3S2. The van der Waals surface area contributed by atoms with Crippen molar-refractivity contribution in [3.63, 3.8) is 0 Å². The van der Waals surface area contributed by atoms with E-state index in [1.807, 2.05) is 24.3 Å². The maximum Gasteiger partial charge on any atom is 0.270 e. The topological polar surface area (TPSA) is 101 Å². The fourth-order valence-corrected chi connectivity index (χ4v) is 5.98. The lowest BCUT2D eigenvalue weighted by Gasteiger charge is -2.25. The number of fused-ring (bicyclic) bond motifs is 1. The average molecular weight is 483 g/mol. The van der Waals surface area contributed by atoms with Gasteiger partial charge < -0.3 is 0 Å². The van der Waals surface area contributed by atoms with Crippen LogP contribution in [0.4, 0.5) is 5.13 Å². The number of halogens is 2. The summed E-state index contributed by atoms with van der Waals surface area (Å²) in [5.41, 5.74) is 2.31. The minimum absolute atomic E-state index is 0.0513. The van der Waals surface area contributed by atoms with Gasteiger partial charge in [-0.2, -0.15) is 0 Å². The molecule has 0 saturated carbocycles. The van der Waals surface area contributed by atoms with Crippen molar-refractivity contribution in [1.29, 1.82) is 0 Å². The number of hydrogen-bond acceptors (Lipinski definition) is 6. The van der Waals surface area contributed by atoms with E-state index in [2.05, 4.69) is 20.2 Å². The molecule has 156 valence electrons. The Morgan fingerprint density at radius 1 is 1.13 bits per heavy atom. The minimum Gasteiger partial charge on any atom is -0.296 e. The summed E-state index contributed by atoms with van der Waals surface area (Å²) in [6.07, 6.45) is 2.52. The summed E-state index contributed by atoms with van der Waals surface area (Å²) in [5, 5.41) is 10.7. The standard InChI is InChI=1S/C19H16Cl2N4O3S2/c20-12-8-9-14(15(21)10-12)17(26)22-18-23-24-19(29-18)30(27,28)25-16-7-3-5-11-4-1-2-6-13(11)16/h1-2,4,6,8-10,16,25H,3,5,7H2,(H,22,23,26). The molecule has 0 radical (unpaired) electrons. The molecule has 4 rings (SSSR count). The van der Waals surface area contributed by atoms with Gasteiger partial charge in [0.2, 0.25) is 9.47 Å². The van der Waals surface area contributed by atoms with Gasteiger partial charge in [0.05, 0.1) is 10.6 Å². The Labute approximate surface area is 187 Å². The van der Waals surface area contributed by atoms with Gasteiger partial charge in [0, 0.05) is 11.1 Å². The Hall–Kier alpha value is -2.04. The Morgan fingerprint density at radius 3 is 2.73 bits per heavy atom. The number of nitrogens with one attached hydrogen (secondary N) is 2. The number of aryl methyl sites for hydroxylation is 1. The minimum atomic E-state index is -3.90. The molecule has 7 nitrogen and oxygen atoms in total. The summed E-state index contributed by atoms with van der Waals surface area (Å²) >= 11 is 12.6. The van der Waals surface area contributed by atoms with Crippen LogP contribution >= 0.6 is 34.5 Å². The Bertz CT molecular complexity index is 1210. The lowest BCUT2D eigenvalue weighted by Crippen LogP contribution is -2.31. The monoisotopic (exact) mass is 482 g/mol. The van der Waals surface area contributed by atoms with E-state index < -0.39 is 15.9 Å². The van der Waals surface area contributed by atoms with E-state index in [0.29, 0.717) is 11.4 Å². The number of amides is 1. The highest BCUT2D eigenvalue weighted by atomic mass is 35.5. The highest BCUT2D eigenvalue weighted by molar-refractivity contribution is 7.91. The van der Waals surface area contributed by atoms with Crippen LogP contribution in [0.15, 0.2) is 46.8 Å². The van der Waals surface area contributed by atoms with Crippen LogP contribution in [0, 0.1) is 0 Å². The van der Waals surface area contributed by atoms with Gasteiger partial charge in [-0.25, -0.2) is 13.1 Å². The van der Waals surface area contributed by atoms with Crippen LogP contribution < -0.4 is 10.0 Å². The Kier molecular flexibility index (Phi) is 6.08. The summed E-state index contributed by atoms with van der Waals surface area (Å²) in [6.45, 7) is 0. The molecule has 1 aliphatic carbocycles. The molecule has 0 bridgehead atoms. The molecule has 30 heavy (non-hydrogen) atoms. The van der Waals surface area contributed by atoms with Crippen LogP contribution in [-0.2, 0) is 16.4 Å². The molecule has 2 N–H and O–H groups in total. The smallest absolute Gasteiger partial charge is 0.270 e. The van der Waals surface area contributed by atoms with E-state index in [4.69, 9.17) is 23.2 Å². The quantitative estimate of drug-likeness (QED) is 0.522. The van der Waals surface area contributed by atoms with E-state index in [1.54, 1.807) is 0 Å². The molecule has 0 aliphatic heterocycles. The molecule has 1 amide bonds. The summed E-state index contributed by atoms with van der Waals surface area (Å²) in [5.74, 6) is -0.536. The maximum absolute atomic E-state index is 12.8. The second-order valence-corrected chi connectivity index (χ2v) is 10.4. The number of anilines is 1. The van der Waals surface area contributed by atoms with Crippen molar-refractivity contribution in [3.8, 4) is 0 Å². The molecule has 3 aromatic rings. The van der Waals surface area contributed by atoms with Gasteiger partial charge in [-0.05, 0) is 48.6 Å². The van der Waals surface area contributed by atoms with Crippen molar-refractivity contribution >= 4 is 55.6 Å². The van der Waals surface area contributed by atoms with Crippen molar-refractivity contribution in [2.75, 3.05) is 5.32 Å². The molecule has 1 unspecified atom stereocenters. The van der Waals surface area contributed by atoms with Crippen LogP contribution in [0.5, 0.6) is 0 Å². The van der Waals surface area contributed by atoms with E-state index in [1.165, 1.54) is 18.2 Å². The van der Waals surface area contributed by atoms with E-state index >= 15 is 0 Å². The summed E-state index contributed by atoms with van der Waals surface area (Å²) in [7, 11) is -3.90. The Morgan fingerprint density at radius 2 is 1.93 bits per heavy atom. The SMILES string of the molecule is O=C(Nc1nnc(S(=O)(=O)NC2CCCc3ccccc32)s1)c1ccc(Cl)cc1Cl. The molecule has 1 aliphatic rings. The Balaban J connectivity index is 1.50. The van der Waals surface area contributed by atoms with Crippen LogP contribution in [0.3, 0.4) is 0 Å². The molecule has 0 saturated heterocycles. The highest BCUT2D eigenvalue weighted by Gasteiger charge is 2.28. The van der Waals surface area contributed by atoms with Crippen LogP contribution in [0.1, 0.15) is 40.4 Å². The predicted molar refractivity (Wildman–Crippen MR) is 117 cm³/mol. The van der Waals surface area contributed by atoms with Gasteiger partial charge in [-0.1, -0.05) is 58.8 Å². The number of rotatable bonds is 5. The second kappa shape index (κ2) is 8.60. The predicted octanol–water partition coefficient (Wildman–Crippen LogP) is 4.45. The second-order valence-electron chi connectivity index (χ2n) is 6.72. The number of carbonyl (C=O) groups excluding carboxylic acids is 1. The zero-order valence-corrected chi connectivity index (χ0v) is 18.6. The normalized spacial score (nSPS) is 16.1. The first-order valence-corrected chi connectivity index (χ1v) is 12.1. The largest absolute Gasteiger partial charge is 0.296 e. The number of aromatic nitrogens is 2. The van der Waals surface area contributed by atoms with Crippen molar-refractivity contribution in [1.82, 2.24) is 14.9 Å². The lowest BCUT2D eigenvalue weighted by atomic mass is 9.88. The average Bonchev–Trinajstić information content (AvgIpc) is 3.17. The van der Waals surface area contributed by atoms with E-state index in [-0.39, 0.29) is 26.1 Å². The molecule has 0 spiro atoms. The first kappa shape index (κ1) is 21.2. The van der Waals surface area contributed by atoms with E-state index in [9.17, 15) is 13.2 Å². The fourth-order valence-electron chi connectivity index (χ4n) is 3.32. The third-order valence-electron chi connectivity index (χ3n) is 4.70. The van der Waals surface area contributed by atoms with Crippen molar-refractivity contribution < 1.29 is 13.2 Å². The number of sulfonamides is 1.